The van der Waals surface area contributed by atoms with Crippen LogP contribution in [0.5, 0.6) is 0 Å². The van der Waals surface area contributed by atoms with Crippen molar-refractivity contribution in [1.29, 1.82) is 0 Å². The van der Waals surface area contributed by atoms with Gasteiger partial charge in [-0.15, -0.1) is 0 Å². The first-order valence-corrected chi connectivity index (χ1v) is 7.99. The predicted octanol–water partition coefficient (Wildman–Crippen LogP) is 1.37. The van der Waals surface area contributed by atoms with Crippen LogP contribution in [0.1, 0.15) is 32.6 Å². The lowest BCUT2D eigenvalue weighted by Crippen LogP contribution is -2.34. The lowest BCUT2D eigenvalue weighted by Gasteiger charge is -2.33. The Morgan fingerprint density at radius 2 is 2.20 bits per heavy atom. The van der Waals surface area contributed by atoms with Gasteiger partial charge in [-0.25, -0.2) is 0 Å². The maximum absolute atomic E-state index is 9.12. The van der Waals surface area contributed by atoms with Crippen LogP contribution >= 0.6 is 6.72 Å². The van der Waals surface area contributed by atoms with Crippen LogP contribution in [-0.2, 0) is 16.3 Å². The monoisotopic (exact) mass is 253 g/mol. The second-order valence-corrected chi connectivity index (χ2v) is 7.02. The summed E-state index contributed by atoms with van der Waals surface area (Å²) in [6.45, 7) is -1.07. The Bertz CT molecular complexity index is 246. The second kappa shape index (κ2) is 5.71. The maximum Gasteiger partial charge on any atom is 0.322 e. The van der Waals surface area contributed by atoms with Crippen LogP contribution in [0.4, 0.5) is 0 Å². The fourth-order valence-electron chi connectivity index (χ4n) is 2.32. The van der Waals surface area contributed by atoms with E-state index in [2.05, 4.69) is 18.7 Å². The molecule has 90 valence electrons. The highest BCUT2D eigenvalue weighted by atomic mass is 32.5. The Kier molecular flexibility index (Phi) is 5.16. The molecule has 6 heteroatoms. The highest BCUT2D eigenvalue weighted by molar-refractivity contribution is 8.06. The van der Waals surface area contributed by atoms with Gasteiger partial charge < -0.3 is 20.0 Å². The summed E-state index contributed by atoms with van der Waals surface area (Å²) in [4.78, 5) is 18.2. The molecule has 0 aliphatic heterocycles. The van der Waals surface area contributed by atoms with Gasteiger partial charge in [0, 0.05) is 6.54 Å². The maximum atomic E-state index is 9.12. The first kappa shape index (κ1) is 13.6. The lowest BCUT2D eigenvalue weighted by molar-refractivity contribution is 0.0845. The summed E-state index contributed by atoms with van der Waals surface area (Å²) < 4.78 is 5.09. The summed E-state index contributed by atoms with van der Waals surface area (Å²) >= 11 is 4.47. The smallest absolute Gasteiger partial charge is 0.322 e. The van der Waals surface area contributed by atoms with Crippen molar-refractivity contribution in [2.45, 2.75) is 38.7 Å². The van der Waals surface area contributed by atoms with Crippen LogP contribution in [-0.4, -0.2) is 22.4 Å². The average molecular weight is 253 g/mol. The normalized spacial score (nSPS) is 30.1. The van der Waals surface area contributed by atoms with Crippen molar-refractivity contribution >= 4 is 18.5 Å². The van der Waals surface area contributed by atoms with Crippen molar-refractivity contribution in [2.75, 3.05) is 6.54 Å². The van der Waals surface area contributed by atoms with Gasteiger partial charge in [-0.3, -0.25) is 0 Å². The Morgan fingerprint density at radius 3 is 2.67 bits per heavy atom. The van der Waals surface area contributed by atoms with E-state index in [-0.39, 0.29) is 6.10 Å². The van der Waals surface area contributed by atoms with Crippen LogP contribution in [0, 0.1) is 11.8 Å². The van der Waals surface area contributed by atoms with E-state index < -0.39 is 6.72 Å². The van der Waals surface area contributed by atoms with Crippen molar-refractivity contribution in [3.8, 4) is 0 Å². The molecule has 1 fully saturated rings. The van der Waals surface area contributed by atoms with Crippen LogP contribution < -0.4 is 5.73 Å². The van der Waals surface area contributed by atoms with Gasteiger partial charge in [0.1, 0.15) is 0 Å². The molecule has 0 bridgehead atoms. The fourth-order valence-corrected chi connectivity index (χ4v) is 3.26. The SMILES string of the molecule is CC1CCCC(C(CN)OP(O)(O)=S)C1. The Labute approximate surface area is 96.1 Å². The molecule has 0 heterocycles. The van der Waals surface area contributed by atoms with Crippen molar-refractivity contribution in [1.82, 2.24) is 0 Å². The summed E-state index contributed by atoms with van der Waals surface area (Å²) in [6, 6.07) is 0. The third-order valence-electron chi connectivity index (χ3n) is 3.01. The molecule has 1 aliphatic rings. The topological polar surface area (TPSA) is 75.7 Å². The van der Waals surface area contributed by atoms with Crippen LogP contribution in [0.25, 0.3) is 0 Å². The molecule has 0 aromatic carbocycles. The van der Waals surface area contributed by atoms with E-state index in [4.69, 9.17) is 20.0 Å². The third-order valence-corrected chi connectivity index (χ3v) is 3.81. The Hall–Kier alpha value is 0.490. The molecule has 1 rings (SSSR count). The molecule has 1 aliphatic carbocycles. The number of hydrogen-bond acceptors (Lipinski definition) is 3. The molecule has 0 aromatic rings. The Morgan fingerprint density at radius 1 is 1.53 bits per heavy atom. The van der Waals surface area contributed by atoms with Gasteiger partial charge in [-0.05, 0) is 36.5 Å². The first-order chi connectivity index (χ1) is 6.92. The molecule has 3 unspecified atom stereocenters. The minimum Gasteiger partial charge on any atom is -0.328 e. The van der Waals surface area contributed by atoms with Gasteiger partial charge in [0.05, 0.1) is 6.10 Å². The molecule has 0 spiro atoms. The van der Waals surface area contributed by atoms with Gasteiger partial charge in [0.2, 0.25) is 0 Å². The van der Waals surface area contributed by atoms with Crippen molar-refractivity contribution < 1.29 is 14.3 Å². The summed E-state index contributed by atoms with van der Waals surface area (Å²) in [7, 11) is 0. The number of rotatable bonds is 4. The molecule has 0 amide bonds. The Balaban J connectivity index is 2.53. The first-order valence-electron chi connectivity index (χ1n) is 5.36. The van der Waals surface area contributed by atoms with Crippen LogP contribution in [0.3, 0.4) is 0 Å². The van der Waals surface area contributed by atoms with E-state index in [1.54, 1.807) is 0 Å². The van der Waals surface area contributed by atoms with E-state index in [1.165, 1.54) is 6.42 Å². The van der Waals surface area contributed by atoms with Gasteiger partial charge in [-0.2, -0.15) is 0 Å². The molecule has 0 saturated heterocycles. The van der Waals surface area contributed by atoms with Gasteiger partial charge >= 0.3 is 6.72 Å². The van der Waals surface area contributed by atoms with E-state index in [9.17, 15) is 0 Å². The van der Waals surface area contributed by atoms with Gasteiger partial charge in [0.15, 0.2) is 0 Å². The molecule has 3 atom stereocenters. The van der Waals surface area contributed by atoms with E-state index in [0.717, 1.165) is 19.3 Å². The van der Waals surface area contributed by atoms with Crippen LogP contribution in [0.2, 0.25) is 0 Å². The molecule has 1 saturated carbocycles. The quantitative estimate of drug-likeness (QED) is 0.660. The number of hydrogen-bond donors (Lipinski definition) is 3. The summed E-state index contributed by atoms with van der Waals surface area (Å²) in [5.74, 6) is 0.983. The minimum atomic E-state index is -3.57. The van der Waals surface area contributed by atoms with E-state index >= 15 is 0 Å². The lowest BCUT2D eigenvalue weighted by atomic mass is 9.79. The van der Waals surface area contributed by atoms with Crippen molar-refractivity contribution in [3.05, 3.63) is 0 Å². The van der Waals surface area contributed by atoms with Crippen molar-refractivity contribution in [3.63, 3.8) is 0 Å². The van der Waals surface area contributed by atoms with E-state index in [1.807, 2.05) is 0 Å². The molecular weight excluding hydrogens is 233 g/mol. The molecule has 4 nitrogen and oxygen atoms in total. The zero-order valence-corrected chi connectivity index (χ0v) is 10.7. The van der Waals surface area contributed by atoms with Crippen LogP contribution in [0.15, 0.2) is 0 Å². The summed E-state index contributed by atoms with van der Waals surface area (Å²) in [5, 5.41) is 0. The summed E-state index contributed by atoms with van der Waals surface area (Å²) in [6.07, 6.45) is 4.18. The zero-order chi connectivity index (χ0) is 11.5. The fraction of sp³-hybridized carbons (Fsp3) is 1.00. The van der Waals surface area contributed by atoms with Gasteiger partial charge in [0.25, 0.3) is 0 Å². The molecule has 0 radical (unpaired) electrons. The van der Waals surface area contributed by atoms with Gasteiger partial charge in [-0.1, -0.05) is 19.8 Å². The predicted molar refractivity (Wildman–Crippen MR) is 63.8 cm³/mol. The largest absolute Gasteiger partial charge is 0.328 e. The molecular formula is C9H20NO3PS. The van der Waals surface area contributed by atoms with Crippen molar-refractivity contribution in [2.24, 2.45) is 17.6 Å². The average Bonchev–Trinajstić information content (AvgIpc) is 2.13. The molecule has 0 aromatic heterocycles. The molecule has 15 heavy (non-hydrogen) atoms. The summed E-state index contributed by atoms with van der Waals surface area (Å²) in [5.41, 5.74) is 5.58. The highest BCUT2D eigenvalue weighted by Crippen LogP contribution is 2.42. The standard InChI is InChI=1S/C9H20NO3PS/c1-7-3-2-4-8(5-7)9(6-10)13-14(11,12)15/h7-9H,2-6,10H2,1H3,(H2,11,12,15). The highest BCUT2D eigenvalue weighted by Gasteiger charge is 2.29. The van der Waals surface area contributed by atoms with E-state index in [0.29, 0.717) is 18.4 Å². The number of nitrogens with two attached hydrogens (primary N) is 1. The second-order valence-electron chi connectivity index (χ2n) is 4.40. The third kappa shape index (κ3) is 4.89. The zero-order valence-electron chi connectivity index (χ0n) is 9.00. The minimum absolute atomic E-state index is 0.298. The molecule has 4 N–H and O–H groups in total.